The van der Waals surface area contributed by atoms with Gasteiger partial charge in [0.05, 0.1) is 5.52 Å². The largest absolute Gasteiger partial charge is 0.396 e. The number of fused-ring (bicyclic) bond motifs is 1. The molecule has 2 aromatic rings. The van der Waals surface area contributed by atoms with Crippen LogP contribution in [0.4, 0.5) is 0 Å². The molecular weight excluding hydrogens is 264 g/mol. The van der Waals surface area contributed by atoms with Gasteiger partial charge in [-0.2, -0.15) is 0 Å². The van der Waals surface area contributed by atoms with Crippen LogP contribution < -0.4 is 5.32 Å². The average Bonchev–Trinajstić information content (AvgIpc) is 2.38. The van der Waals surface area contributed by atoms with Crippen LogP contribution in [0.3, 0.4) is 0 Å². The molecule has 1 aromatic carbocycles. The van der Waals surface area contributed by atoms with Crippen LogP contribution >= 0.6 is 11.6 Å². The number of nitrogens with one attached hydrogen (secondary N) is 1. The molecule has 2 N–H and O–H groups in total. The summed E-state index contributed by atoms with van der Waals surface area (Å²) in [4.78, 5) is 16.3. The number of halogens is 1. The topological polar surface area (TPSA) is 62.2 Å². The van der Waals surface area contributed by atoms with Crippen LogP contribution in [0.1, 0.15) is 23.8 Å². The molecule has 5 heteroatoms. The van der Waals surface area contributed by atoms with E-state index in [0.29, 0.717) is 22.7 Å². The van der Waals surface area contributed by atoms with Crippen molar-refractivity contribution < 1.29 is 9.90 Å². The molecule has 100 valence electrons. The maximum atomic E-state index is 12.0. The number of aliphatic hydroxyl groups is 1. The molecule has 0 spiro atoms. The number of benzene rings is 1. The third-order valence-electron chi connectivity index (χ3n) is 2.83. The molecule has 2 rings (SSSR count). The van der Waals surface area contributed by atoms with Gasteiger partial charge in [0.25, 0.3) is 5.91 Å². The minimum Gasteiger partial charge on any atom is -0.396 e. The van der Waals surface area contributed by atoms with Crippen LogP contribution in [0.15, 0.2) is 30.3 Å². The minimum atomic E-state index is -0.247. The molecule has 0 saturated heterocycles. The number of carbonyl (C=O) groups excluding carboxylic acids is 1. The summed E-state index contributed by atoms with van der Waals surface area (Å²) < 4.78 is 0. The zero-order valence-electron chi connectivity index (χ0n) is 10.6. The van der Waals surface area contributed by atoms with E-state index < -0.39 is 0 Å². The molecule has 4 nitrogen and oxygen atoms in total. The summed E-state index contributed by atoms with van der Waals surface area (Å²) in [7, 11) is 0. The van der Waals surface area contributed by atoms with Gasteiger partial charge in [-0.15, -0.1) is 0 Å². The van der Waals surface area contributed by atoms with E-state index in [1.54, 1.807) is 18.2 Å². The van der Waals surface area contributed by atoms with E-state index in [1.165, 1.54) is 0 Å². The smallest absolute Gasteiger partial charge is 0.270 e. The van der Waals surface area contributed by atoms with Gasteiger partial charge in [0, 0.05) is 23.1 Å². The van der Waals surface area contributed by atoms with Gasteiger partial charge < -0.3 is 10.4 Å². The molecule has 0 unspecified atom stereocenters. The highest BCUT2D eigenvalue weighted by Gasteiger charge is 2.11. The maximum absolute atomic E-state index is 12.0. The van der Waals surface area contributed by atoms with E-state index >= 15 is 0 Å². The third-order valence-corrected chi connectivity index (χ3v) is 3.06. The number of hydrogen-bond donors (Lipinski definition) is 2. The Bertz CT molecular complexity index is 601. The van der Waals surface area contributed by atoms with E-state index in [0.717, 1.165) is 5.39 Å². The molecule has 1 atom stereocenters. The summed E-state index contributed by atoms with van der Waals surface area (Å²) in [6, 6.07) is 8.80. The van der Waals surface area contributed by atoms with E-state index in [-0.39, 0.29) is 18.6 Å². The lowest BCUT2D eigenvalue weighted by Gasteiger charge is -2.12. The Hall–Kier alpha value is -1.65. The van der Waals surface area contributed by atoms with Gasteiger partial charge in [-0.1, -0.05) is 23.7 Å². The van der Waals surface area contributed by atoms with Gasteiger partial charge in [-0.3, -0.25) is 4.79 Å². The molecule has 0 aliphatic heterocycles. The van der Waals surface area contributed by atoms with Crippen LogP contribution in [0.25, 0.3) is 10.9 Å². The fourth-order valence-electron chi connectivity index (χ4n) is 1.78. The zero-order chi connectivity index (χ0) is 13.8. The normalized spacial score (nSPS) is 12.4. The SMILES string of the molecule is C[C@H](CCO)NC(=O)c1ccc2ccc(Cl)cc2n1. The average molecular weight is 279 g/mol. The van der Waals surface area contributed by atoms with Crippen LogP contribution in [0.5, 0.6) is 0 Å². The molecule has 0 aliphatic carbocycles. The van der Waals surface area contributed by atoms with Crippen molar-refractivity contribution >= 4 is 28.4 Å². The number of pyridine rings is 1. The number of nitrogens with zero attached hydrogens (tertiary/aromatic N) is 1. The Labute approximate surface area is 116 Å². The van der Waals surface area contributed by atoms with Gasteiger partial charge in [0.2, 0.25) is 0 Å². The lowest BCUT2D eigenvalue weighted by molar-refractivity contribution is 0.0929. The van der Waals surface area contributed by atoms with Crippen molar-refractivity contribution in [2.45, 2.75) is 19.4 Å². The van der Waals surface area contributed by atoms with Crippen molar-refractivity contribution in [2.75, 3.05) is 6.61 Å². The first kappa shape index (κ1) is 13.8. The first-order valence-corrected chi connectivity index (χ1v) is 6.46. The second-order valence-corrected chi connectivity index (χ2v) is 4.86. The van der Waals surface area contributed by atoms with E-state index in [4.69, 9.17) is 16.7 Å². The standard InChI is InChI=1S/C14H15ClN2O2/c1-9(6-7-18)16-14(19)12-5-3-10-2-4-11(15)8-13(10)17-12/h2-5,8-9,18H,6-7H2,1H3,(H,16,19)/t9-/m1/s1. The van der Waals surface area contributed by atoms with Gasteiger partial charge in [0.15, 0.2) is 0 Å². The van der Waals surface area contributed by atoms with Crippen molar-refractivity contribution in [2.24, 2.45) is 0 Å². The van der Waals surface area contributed by atoms with Crippen molar-refractivity contribution in [3.63, 3.8) is 0 Å². The number of aliphatic hydroxyl groups excluding tert-OH is 1. The van der Waals surface area contributed by atoms with Crippen LogP contribution in [0, 0.1) is 0 Å². The summed E-state index contributed by atoms with van der Waals surface area (Å²) >= 11 is 5.91. The van der Waals surface area contributed by atoms with Gasteiger partial charge in [-0.05, 0) is 31.5 Å². The first-order valence-electron chi connectivity index (χ1n) is 6.08. The molecule has 0 fully saturated rings. The summed E-state index contributed by atoms with van der Waals surface area (Å²) in [5.41, 5.74) is 1.04. The van der Waals surface area contributed by atoms with Gasteiger partial charge >= 0.3 is 0 Å². The molecule has 1 amide bonds. The zero-order valence-corrected chi connectivity index (χ0v) is 11.3. The molecular formula is C14H15ClN2O2. The van der Waals surface area contributed by atoms with Crippen molar-refractivity contribution in [1.82, 2.24) is 10.3 Å². The van der Waals surface area contributed by atoms with Crippen LogP contribution in [-0.4, -0.2) is 28.6 Å². The lowest BCUT2D eigenvalue weighted by atomic mass is 10.2. The number of rotatable bonds is 4. The van der Waals surface area contributed by atoms with Crippen LogP contribution in [0.2, 0.25) is 5.02 Å². The maximum Gasteiger partial charge on any atom is 0.270 e. The molecule has 0 aliphatic rings. The quantitative estimate of drug-likeness (QED) is 0.903. The Morgan fingerprint density at radius 3 is 2.89 bits per heavy atom. The van der Waals surface area contributed by atoms with Gasteiger partial charge in [0.1, 0.15) is 5.69 Å². The Morgan fingerprint density at radius 2 is 2.16 bits per heavy atom. The van der Waals surface area contributed by atoms with Crippen LogP contribution in [-0.2, 0) is 0 Å². The second kappa shape index (κ2) is 5.99. The Morgan fingerprint density at radius 1 is 1.42 bits per heavy atom. The predicted molar refractivity (Wildman–Crippen MR) is 75.4 cm³/mol. The summed E-state index contributed by atoms with van der Waals surface area (Å²) in [6.45, 7) is 1.88. The van der Waals surface area contributed by atoms with Crippen molar-refractivity contribution in [3.8, 4) is 0 Å². The highest BCUT2D eigenvalue weighted by Crippen LogP contribution is 2.18. The van der Waals surface area contributed by atoms with E-state index in [2.05, 4.69) is 10.3 Å². The molecule has 0 bridgehead atoms. The first-order chi connectivity index (χ1) is 9.10. The number of hydrogen-bond acceptors (Lipinski definition) is 3. The number of amides is 1. The summed E-state index contributed by atoms with van der Waals surface area (Å²) in [5, 5.41) is 13.1. The highest BCUT2D eigenvalue weighted by molar-refractivity contribution is 6.31. The van der Waals surface area contributed by atoms with E-state index in [1.807, 2.05) is 19.1 Å². The van der Waals surface area contributed by atoms with Gasteiger partial charge in [-0.25, -0.2) is 4.98 Å². The number of carbonyl (C=O) groups is 1. The number of aromatic nitrogens is 1. The molecule has 19 heavy (non-hydrogen) atoms. The van der Waals surface area contributed by atoms with Crippen molar-refractivity contribution in [1.29, 1.82) is 0 Å². The fraction of sp³-hybridized carbons (Fsp3) is 0.286. The Kier molecular flexibility index (Phi) is 4.35. The minimum absolute atomic E-state index is 0.0439. The molecule has 1 aromatic heterocycles. The molecule has 1 heterocycles. The van der Waals surface area contributed by atoms with Crippen molar-refractivity contribution in [3.05, 3.63) is 41.0 Å². The monoisotopic (exact) mass is 278 g/mol. The highest BCUT2D eigenvalue weighted by atomic mass is 35.5. The fourth-order valence-corrected chi connectivity index (χ4v) is 1.95. The molecule has 0 saturated carbocycles. The Balaban J connectivity index is 2.22. The lowest BCUT2D eigenvalue weighted by Crippen LogP contribution is -2.33. The summed E-state index contributed by atoms with van der Waals surface area (Å²) in [5.74, 6) is -0.247. The predicted octanol–water partition coefficient (Wildman–Crippen LogP) is 2.39. The third kappa shape index (κ3) is 3.43. The molecule has 0 radical (unpaired) electrons. The van der Waals surface area contributed by atoms with E-state index in [9.17, 15) is 4.79 Å². The second-order valence-electron chi connectivity index (χ2n) is 4.42. The summed E-state index contributed by atoms with van der Waals surface area (Å²) in [6.07, 6.45) is 0.519.